The molecule has 136 valence electrons. The molecule has 0 radical (unpaired) electrons. The highest BCUT2D eigenvalue weighted by Gasteiger charge is 2.27. The molecule has 0 aromatic heterocycles. The Bertz CT molecular complexity index is 373. The zero-order valence-corrected chi connectivity index (χ0v) is 15.2. The molecule has 2 aliphatic rings. The van der Waals surface area contributed by atoms with Crippen LogP contribution in [0.4, 0.5) is 0 Å². The summed E-state index contributed by atoms with van der Waals surface area (Å²) in [5.74, 6) is 0.106. The van der Waals surface area contributed by atoms with E-state index in [2.05, 4.69) is 4.90 Å². The number of hydrogen-bond acceptors (Lipinski definition) is 5. The summed E-state index contributed by atoms with van der Waals surface area (Å²) < 4.78 is 5.28. The van der Waals surface area contributed by atoms with Crippen LogP contribution in [-0.4, -0.2) is 92.1 Å². The highest BCUT2D eigenvalue weighted by molar-refractivity contribution is 5.85. The van der Waals surface area contributed by atoms with E-state index in [-0.39, 0.29) is 42.5 Å². The van der Waals surface area contributed by atoms with E-state index in [1.807, 2.05) is 16.7 Å². The van der Waals surface area contributed by atoms with E-state index in [9.17, 15) is 9.59 Å². The van der Waals surface area contributed by atoms with E-state index in [0.717, 1.165) is 13.1 Å². The fourth-order valence-corrected chi connectivity index (χ4v) is 2.64. The molecule has 0 aromatic carbocycles. The summed E-state index contributed by atoms with van der Waals surface area (Å²) in [7, 11) is 0. The summed E-state index contributed by atoms with van der Waals surface area (Å²) in [6, 6.07) is 0. The largest absolute Gasteiger partial charge is 0.379 e. The number of hydrogen-bond donors (Lipinski definition) is 1. The number of halogens is 2. The molecule has 9 heteroatoms. The standard InChI is InChI=1S/C14H26N4O3.2ClH/c1-12(10-15)14(20)18-4-2-17(3-5-18)13(19)11-16-6-8-21-9-7-16;;/h12H,2-11,15H2,1H3;2*1H. The first-order valence-electron chi connectivity index (χ1n) is 7.68. The third-order valence-corrected chi connectivity index (χ3v) is 4.18. The molecule has 7 nitrogen and oxygen atoms in total. The lowest BCUT2D eigenvalue weighted by atomic mass is 10.1. The van der Waals surface area contributed by atoms with E-state index in [0.29, 0.717) is 52.5 Å². The number of nitrogens with two attached hydrogens (primary N) is 1. The molecule has 2 N–H and O–H groups in total. The molecule has 1 unspecified atom stereocenters. The van der Waals surface area contributed by atoms with Crippen LogP contribution < -0.4 is 5.73 Å². The van der Waals surface area contributed by atoms with Crippen LogP contribution in [0, 0.1) is 5.92 Å². The summed E-state index contributed by atoms with van der Waals surface area (Å²) in [6.07, 6.45) is 0. The maximum absolute atomic E-state index is 12.3. The van der Waals surface area contributed by atoms with Crippen molar-refractivity contribution in [1.82, 2.24) is 14.7 Å². The number of morpholine rings is 1. The SMILES string of the molecule is CC(CN)C(=O)N1CCN(C(=O)CN2CCOCC2)CC1.Cl.Cl. The van der Waals surface area contributed by atoms with Gasteiger partial charge in [0.05, 0.1) is 19.8 Å². The molecule has 2 fully saturated rings. The van der Waals surface area contributed by atoms with Crippen molar-refractivity contribution in [3.8, 4) is 0 Å². The van der Waals surface area contributed by atoms with Crippen LogP contribution in [0.3, 0.4) is 0 Å². The number of amides is 2. The number of rotatable bonds is 4. The van der Waals surface area contributed by atoms with Gasteiger partial charge in [0.15, 0.2) is 0 Å². The average Bonchev–Trinajstić information content (AvgIpc) is 2.54. The minimum Gasteiger partial charge on any atom is -0.379 e. The van der Waals surface area contributed by atoms with Crippen molar-refractivity contribution in [2.45, 2.75) is 6.92 Å². The lowest BCUT2D eigenvalue weighted by molar-refractivity contribution is -0.142. The molecule has 0 spiro atoms. The minimum absolute atomic E-state index is 0. The Morgan fingerprint density at radius 2 is 1.52 bits per heavy atom. The Morgan fingerprint density at radius 1 is 1.00 bits per heavy atom. The molecule has 0 aromatic rings. The van der Waals surface area contributed by atoms with Crippen molar-refractivity contribution < 1.29 is 14.3 Å². The van der Waals surface area contributed by atoms with Crippen molar-refractivity contribution in [2.24, 2.45) is 11.7 Å². The number of piperazine rings is 1. The normalized spacial score (nSPS) is 20.3. The Hall–Kier alpha value is -0.600. The Labute approximate surface area is 150 Å². The van der Waals surface area contributed by atoms with E-state index in [1.54, 1.807) is 0 Å². The van der Waals surface area contributed by atoms with Crippen LogP contribution in [-0.2, 0) is 14.3 Å². The summed E-state index contributed by atoms with van der Waals surface area (Å²) in [4.78, 5) is 30.1. The lowest BCUT2D eigenvalue weighted by Gasteiger charge is -2.37. The van der Waals surface area contributed by atoms with Gasteiger partial charge in [0.25, 0.3) is 0 Å². The van der Waals surface area contributed by atoms with Crippen molar-refractivity contribution >= 4 is 36.6 Å². The molecule has 0 bridgehead atoms. The quantitative estimate of drug-likeness (QED) is 0.716. The molecule has 2 heterocycles. The highest BCUT2D eigenvalue weighted by atomic mass is 35.5. The first kappa shape index (κ1) is 22.4. The summed E-state index contributed by atoms with van der Waals surface area (Å²) in [5, 5.41) is 0. The number of ether oxygens (including phenoxy) is 1. The van der Waals surface area contributed by atoms with Gasteiger partial charge in [-0.15, -0.1) is 24.8 Å². The van der Waals surface area contributed by atoms with Crippen molar-refractivity contribution in [3.05, 3.63) is 0 Å². The van der Waals surface area contributed by atoms with Gasteiger partial charge in [-0.05, 0) is 0 Å². The predicted octanol–water partition coefficient (Wildman–Crippen LogP) is -0.572. The van der Waals surface area contributed by atoms with Crippen molar-refractivity contribution in [2.75, 3.05) is 65.6 Å². The first-order chi connectivity index (χ1) is 10.1. The molecular weight excluding hydrogens is 343 g/mol. The summed E-state index contributed by atoms with van der Waals surface area (Å²) in [6.45, 7) is 8.16. The predicted molar refractivity (Wildman–Crippen MR) is 93.1 cm³/mol. The minimum atomic E-state index is -0.138. The number of carbonyl (C=O) groups excluding carboxylic acids is 2. The van der Waals surface area contributed by atoms with E-state index in [4.69, 9.17) is 10.5 Å². The van der Waals surface area contributed by atoms with Crippen molar-refractivity contribution in [3.63, 3.8) is 0 Å². The maximum Gasteiger partial charge on any atom is 0.236 e. The van der Waals surface area contributed by atoms with Gasteiger partial charge in [-0.2, -0.15) is 0 Å². The van der Waals surface area contributed by atoms with Crippen LogP contribution in [0.1, 0.15) is 6.92 Å². The maximum atomic E-state index is 12.3. The van der Waals surface area contributed by atoms with E-state index >= 15 is 0 Å². The molecule has 0 aliphatic carbocycles. The van der Waals surface area contributed by atoms with Gasteiger partial charge in [-0.1, -0.05) is 6.92 Å². The van der Waals surface area contributed by atoms with Crippen LogP contribution in [0.15, 0.2) is 0 Å². The Balaban J connectivity index is 0.00000242. The van der Waals surface area contributed by atoms with Gasteiger partial charge in [-0.25, -0.2) is 0 Å². The van der Waals surface area contributed by atoms with Crippen LogP contribution in [0.5, 0.6) is 0 Å². The summed E-state index contributed by atoms with van der Waals surface area (Å²) >= 11 is 0. The Kier molecular flexibility index (Phi) is 10.8. The molecule has 2 amide bonds. The van der Waals surface area contributed by atoms with Crippen LogP contribution >= 0.6 is 24.8 Å². The van der Waals surface area contributed by atoms with Gasteiger partial charge < -0.3 is 20.3 Å². The van der Waals surface area contributed by atoms with Gasteiger partial charge in [0, 0.05) is 51.7 Å². The van der Waals surface area contributed by atoms with E-state index < -0.39 is 0 Å². The molecule has 1 atom stereocenters. The second-order valence-electron chi connectivity index (χ2n) is 5.73. The number of carbonyl (C=O) groups is 2. The molecular formula is C14H28Cl2N4O3. The first-order valence-corrected chi connectivity index (χ1v) is 7.68. The number of nitrogens with zero attached hydrogens (tertiary/aromatic N) is 3. The van der Waals surface area contributed by atoms with Crippen molar-refractivity contribution in [1.29, 1.82) is 0 Å². The molecule has 2 saturated heterocycles. The fourth-order valence-electron chi connectivity index (χ4n) is 2.64. The molecule has 2 rings (SSSR count). The summed E-state index contributed by atoms with van der Waals surface area (Å²) in [5.41, 5.74) is 5.53. The van der Waals surface area contributed by atoms with E-state index in [1.165, 1.54) is 0 Å². The molecule has 23 heavy (non-hydrogen) atoms. The van der Waals surface area contributed by atoms with Gasteiger partial charge in [-0.3, -0.25) is 14.5 Å². The van der Waals surface area contributed by atoms with Gasteiger partial charge in [0.2, 0.25) is 11.8 Å². The molecule has 0 saturated carbocycles. The lowest BCUT2D eigenvalue weighted by Crippen LogP contribution is -2.54. The average molecular weight is 371 g/mol. The zero-order valence-electron chi connectivity index (χ0n) is 13.6. The highest BCUT2D eigenvalue weighted by Crippen LogP contribution is 2.08. The smallest absolute Gasteiger partial charge is 0.236 e. The van der Waals surface area contributed by atoms with Gasteiger partial charge >= 0.3 is 0 Å². The third-order valence-electron chi connectivity index (χ3n) is 4.18. The fraction of sp³-hybridized carbons (Fsp3) is 0.857. The zero-order chi connectivity index (χ0) is 15.2. The second kappa shape index (κ2) is 11.0. The Morgan fingerprint density at radius 3 is 2.04 bits per heavy atom. The van der Waals surface area contributed by atoms with Crippen LogP contribution in [0.2, 0.25) is 0 Å². The topological polar surface area (TPSA) is 79.1 Å². The van der Waals surface area contributed by atoms with Crippen LogP contribution in [0.25, 0.3) is 0 Å². The van der Waals surface area contributed by atoms with Gasteiger partial charge in [0.1, 0.15) is 0 Å². The monoisotopic (exact) mass is 370 g/mol. The molecule has 2 aliphatic heterocycles. The third kappa shape index (κ3) is 6.43. The second-order valence-corrected chi connectivity index (χ2v) is 5.73.